The highest BCUT2D eigenvalue weighted by Gasteiger charge is 2.52. The van der Waals surface area contributed by atoms with Crippen LogP contribution < -0.4 is 0 Å². The number of hydrogen-bond acceptors (Lipinski definition) is 5. The van der Waals surface area contributed by atoms with Crippen LogP contribution in [0.4, 0.5) is 0 Å². The number of fused-ring (bicyclic) bond motifs is 2. The summed E-state index contributed by atoms with van der Waals surface area (Å²) >= 11 is 0. The van der Waals surface area contributed by atoms with Gasteiger partial charge in [-0.2, -0.15) is 0 Å². The maximum absolute atomic E-state index is 12.0. The van der Waals surface area contributed by atoms with Crippen LogP contribution >= 0.6 is 0 Å². The average Bonchev–Trinajstić information content (AvgIpc) is 3.11. The minimum absolute atomic E-state index is 0.0236. The Morgan fingerprint density at radius 3 is 2.55 bits per heavy atom. The van der Waals surface area contributed by atoms with Crippen molar-refractivity contribution >= 4 is 11.9 Å². The first kappa shape index (κ1) is 13.9. The smallest absolute Gasteiger partial charge is 0.311 e. The number of carbonyl (C=O) groups excluding carboxylic acids is 2. The predicted octanol–water partition coefficient (Wildman–Crippen LogP) is 1.89. The quantitative estimate of drug-likeness (QED) is 0.423. The highest BCUT2D eigenvalue weighted by Crippen LogP contribution is 2.50. The van der Waals surface area contributed by atoms with Crippen LogP contribution in [0.15, 0.2) is 0 Å². The summed E-state index contributed by atoms with van der Waals surface area (Å²) in [6, 6.07) is 0. The second kappa shape index (κ2) is 5.72. The Morgan fingerprint density at radius 2 is 1.90 bits per heavy atom. The lowest BCUT2D eigenvalue weighted by atomic mass is 9.86. The van der Waals surface area contributed by atoms with Gasteiger partial charge in [-0.25, -0.2) is 0 Å². The number of esters is 2. The molecule has 5 nitrogen and oxygen atoms in total. The SMILES string of the molecule is CCOCOC(=O)C1CC2CC(OC(=O)C3CC3)C1C2. The Labute approximate surface area is 118 Å². The fourth-order valence-electron chi connectivity index (χ4n) is 3.55. The molecule has 3 saturated carbocycles. The van der Waals surface area contributed by atoms with Crippen molar-refractivity contribution < 1.29 is 23.8 Å². The average molecular weight is 282 g/mol. The second-order valence-electron chi connectivity index (χ2n) is 6.17. The van der Waals surface area contributed by atoms with Gasteiger partial charge in [-0.05, 0) is 44.9 Å². The molecule has 5 heteroatoms. The summed E-state index contributed by atoms with van der Waals surface area (Å²) in [5, 5.41) is 0. The Bertz CT molecular complexity index is 390. The van der Waals surface area contributed by atoms with Crippen LogP contribution in [0, 0.1) is 23.7 Å². The lowest BCUT2D eigenvalue weighted by Crippen LogP contribution is -2.35. The van der Waals surface area contributed by atoms with Crippen molar-refractivity contribution in [3.8, 4) is 0 Å². The molecule has 3 aliphatic rings. The minimum atomic E-state index is -0.196. The van der Waals surface area contributed by atoms with Crippen molar-refractivity contribution in [2.24, 2.45) is 23.7 Å². The van der Waals surface area contributed by atoms with Crippen LogP contribution in [0.1, 0.15) is 39.0 Å². The normalized spacial score (nSPS) is 35.0. The number of carbonyl (C=O) groups is 2. The number of hydrogen-bond donors (Lipinski definition) is 0. The first-order valence-electron chi connectivity index (χ1n) is 7.64. The molecule has 3 fully saturated rings. The second-order valence-corrected chi connectivity index (χ2v) is 6.17. The highest BCUT2D eigenvalue weighted by atomic mass is 16.7. The first-order valence-corrected chi connectivity index (χ1v) is 7.64. The third-order valence-corrected chi connectivity index (χ3v) is 4.72. The molecule has 0 amide bonds. The fourth-order valence-corrected chi connectivity index (χ4v) is 3.55. The van der Waals surface area contributed by atoms with Crippen LogP contribution in [0.2, 0.25) is 0 Å². The van der Waals surface area contributed by atoms with E-state index in [1.54, 1.807) is 0 Å². The van der Waals surface area contributed by atoms with Crippen LogP contribution in [0.5, 0.6) is 0 Å². The van der Waals surface area contributed by atoms with Crippen molar-refractivity contribution in [1.29, 1.82) is 0 Å². The van der Waals surface area contributed by atoms with Gasteiger partial charge in [-0.3, -0.25) is 9.59 Å². The molecule has 0 aromatic rings. The first-order chi connectivity index (χ1) is 9.69. The van der Waals surface area contributed by atoms with Gasteiger partial charge < -0.3 is 14.2 Å². The molecule has 4 unspecified atom stereocenters. The van der Waals surface area contributed by atoms with E-state index in [0.717, 1.165) is 32.1 Å². The lowest BCUT2D eigenvalue weighted by molar-refractivity contribution is -0.168. The molecule has 0 spiro atoms. The lowest BCUT2D eigenvalue weighted by Gasteiger charge is -2.27. The standard InChI is InChI=1S/C15H22O5/c1-2-18-8-19-15(17)12-6-9-5-11(12)13(7-9)20-14(16)10-3-4-10/h9-13H,2-8H2,1H3. The van der Waals surface area contributed by atoms with E-state index < -0.39 is 0 Å². The zero-order chi connectivity index (χ0) is 14.1. The molecule has 3 rings (SSSR count). The largest absolute Gasteiger partial charge is 0.462 e. The third kappa shape index (κ3) is 2.82. The molecule has 0 aromatic heterocycles. The molecule has 2 bridgehead atoms. The van der Waals surface area contributed by atoms with Gasteiger partial charge in [0.15, 0.2) is 6.79 Å². The van der Waals surface area contributed by atoms with Gasteiger partial charge in [0.05, 0.1) is 11.8 Å². The van der Waals surface area contributed by atoms with Crippen molar-refractivity contribution in [2.45, 2.75) is 45.1 Å². The predicted molar refractivity (Wildman–Crippen MR) is 69.5 cm³/mol. The Hall–Kier alpha value is -1.10. The summed E-state index contributed by atoms with van der Waals surface area (Å²) in [4.78, 5) is 23.8. The van der Waals surface area contributed by atoms with Gasteiger partial charge in [0.1, 0.15) is 6.10 Å². The third-order valence-electron chi connectivity index (χ3n) is 4.72. The summed E-state index contributed by atoms with van der Waals surface area (Å²) in [5.74, 6) is 0.393. The van der Waals surface area contributed by atoms with E-state index in [0.29, 0.717) is 12.5 Å². The van der Waals surface area contributed by atoms with Gasteiger partial charge in [0, 0.05) is 12.5 Å². The Balaban J connectivity index is 1.52. The molecule has 0 heterocycles. The molecular weight excluding hydrogens is 260 g/mol. The summed E-state index contributed by atoms with van der Waals surface area (Å²) < 4.78 is 15.8. The summed E-state index contributed by atoms with van der Waals surface area (Å²) in [6.07, 6.45) is 4.60. The minimum Gasteiger partial charge on any atom is -0.462 e. The zero-order valence-corrected chi connectivity index (χ0v) is 11.9. The Kier molecular flexibility index (Phi) is 3.96. The maximum atomic E-state index is 12.0. The van der Waals surface area contributed by atoms with E-state index in [4.69, 9.17) is 14.2 Å². The highest BCUT2D eigenvalue weighted by molar-refractivity contribution is 5.76. The topological polar surface area (TPSA) is 61.8 Å². The molecule has 0 radical (unpaired) electrons. The van der Waals surface area contributed by atoms with E-state index in [1.807, 2.05) is 6.92 Å². The maximum Gasteiger partial charge on any atom is 0.311 e. The van der Waals surface area contributed by atoms with Crippen LogP contribution in [0.25, 0.3) is 0 Å². The van der Waals surface area contributed by atoms with Crippen molar-refractivity contribution in [3.63, 3.8) is 0 Å². The molecule has 20 heavy (non-hydrogen) atoms. The summed E-state index contributed by atoms with van der Waals surface area (Å²) in [5.41, 5.74) is 0. The van der Waals surface area contributed by atoms with Gasteiger partial charge in [-0.15, -0.1) is 0 Å². The van der Waals surface area contributed by atoms with Crippen molar-refractivity contribution in [1.82, 2.24) is 0 Å². The van der Waals surface area contributed by atoms with Gasteiger partial charge >= 0.3 is 11.9 Å². The van der Waals surface area contributed by atoms with Gasteiger partial charge in [-0.1, -0.05) is 0 Å². The Morgan fingerprint density at radius 1 is 1.10 bits per heavy atom. The fraction of sp³-hybridized carbons (Fsp3) is 0.867. The van der Waals surface area contributed by atoms with E-state index in [9.17, 15) is 9.59 Å². The van der Waals surface area contributed by atoms with Crippen molar-refractivity contribution in [2.75, 3.05) is 13.4 Å². The molecule has 3 aliphatic carbocycles. The monoisotopic (exact) mass is 282 g/mol. The van der Waals surface area contributed by atoms with Crippen LogP contribution in [0.3, 0.4) is 0 Å². The van der Waals surface area contributed by atoms with E-state index in [2.05, 4.69) is 0 Å². The molecule has 0 aliphatic heterocycles. The van der Waals surface area contributed by atoms with Gasteiger partial charge in [0.25, 0.3) is 0 Å². The summed E-state index contributed by atoms with van der Waals surface area (Å²) in [6.45, 7) is 2.42. The van der Waals surface area contributed by atoms with E-state index in [-0.39, 0.29) is 42.6 Å². The van der Waals surface area contributed by atoms with E-state index >= 15 is 0 Å². The number of rotatable bonds is 6. The molecular formula is C15H22O5. The molecule has 4 atom stereocenters. The zero-order valence-electron chi connectivity index (χ0n) is 11.9. The molecule has 0 N–H and O–H groups in total. The molecule has 0 saturated heterocycles. The number of ether oxygens (including phenoxy) is 3. The van der Waals surface area contributed by atoms with Crippen molar-refractivity contribution in [3.05, 3.63) is 0 Å². The van der Waals surface area contributed by atoms with Crippen LogP contribution in [-0.4, -0.2) is 31.4 Å². The molecule has 0 aromatic carbocycles. The van der Waals surface area contributed by atoms with Crippen LogP contribution in [-0.2, 0) is 23.8 Å². The van der Waals surface area contributed by atoms with E-state index in [1.165, 1.54) is 0 Å². The molecule has 112 valence electrons. The summed E-state index contributed by atoms with van der Waals surface area (Å²) in [7, 11) is 0. The van der Waals surface area contributed by atoms with Gasteiger partial charge in [0.2, 0.25) is 0 Å².